The lowest BCUT2D eigenvalue weighted by atomic mass is 10.1. The Bertz CT molecular complexity index is 1240. The van der Waals surface area contributed by atoms with Crippen LogP contribution in [0.1, 0.15) is 41.2 Å². The molecule has 0 radical (unpaired) electrons. The number of carbonyl (C=O) groups excluding carboxylic acids is 3. The molecule has 8 nitrogen and oxygen atoms in total. The van der Waals surface area contributed by atoms with E-state index in [9.17, 15) is 14.4 Å². The van der Waals surface area contributed by atoms with Crippen molar-refractivity contribution in [2.24, 2.45) is 5.92 Å². The van der Waals surface area contributed by atoms with Crippen LogP contribution < -0.4 is 15.5 Å². The van der Waals surface area contributed by atoms with E-state index in [-0.39, 0.29) is 30.7 Å². The van der Waals surface area contributed by atoms with Crippen molar-refractivity contribution in [3.05, 3.63) is 71.0 Å². The van der Waals surface area contributed by atoms with Crippen molar-refractivity contribution in [2.75, 3.05) is 22.1 Å². The molecular formula is C26H29N5O3. The highest BCUT2D eigenvalue weighted by molar-refractivity contribution is 6.15. The van der Waals surface area contributed by atoms with E-state index < -0.39 is 0 Å². The summed E-state index contributed by atoms with van der Waals surface area (Å²) in [5, 5.41) is 10.3. The fraction of sp³-hybridized carbons (Fsp3) is 0.308. The molecule has 0 atom stereocenters. The number of benzene rings is 2. The number of para-hydroxylation sites is 2. The summed E-state index contributed by atoms with van der Waals surface area (Å²) in [5.74, 6) is -0.188. The van der Waals surface area contributed by atoms with E-state index in [1.165, 1.54) is 4.90 Å². The van der Waals surface area contributed by atoms with E-state index in [4.69, 9.17) is 0 Å². The number of aromatic nitrogens is 2. The van der Waals surface area contributed by atoms with Crippen LogP contribution in [0.3, 0.4) is 0 Å². The second-order valence-corrected chi connectivity index (χ2v) is 8.98. The van der Waals surface area contributed by atoms with Gasteiger partial charge in [0.1, 0.15) is 6.54 Å². The standard InChI is InChI=1S/C26H29N5O3/c1-16(2)14-31-18(4)21(17(3)29-31)13-24(32)27-20-11-9-19(10-12-20)26(34)30-15-25(33)28-22-7-5-6-8-23(22)30/h5-12,16H,13-15H2,1-4H3,(H,27,32)(H,28,33). The molecule has 0 unspecified atom stereocenters. The van der Waals surface area contributed by atoms with E-state index in [1.807, 2.05) is 30.7 Å². The fourth-order valence-electron chi connectivity index (χ4n) is 4.15. The number of amides is 3. The van der Waals surface area contributed by atoms with Gasteiger partial charge in [0.25, 0.3) is 5.91 Å². The molecular weight excluding hydrogens is 430 g/mol. The minimum atomic E-state index is -0.274. The number of carbonyl (C=O) groups is 3. The molecule has 1 aliphatic rings. The SMILES string of the molecule is Cc1nn(CC(C)C)c(C)c1CC(=O)Nc1ccc(C(=O)N2CC(=O)Nc3ccccc32)cc1. The molecule has 0 aliphatic carbocycles. The summed E-state index contributed by atoms with van der Waals surface area (Å²) in [6.07, 6.45) is 0.232. The van der Waals surface area contributed by atoms with Crippen LogP contribution in [0.4, 0.5) is 17.1 Å². The number of anilines is 3. The van der Waals surface area contributed by atoms with Gasteiger partial charge < -0.3 is 10.6 Å². The minimum absolute atomic E-state index is 0.0441. The van der Waals surface area contributed by atoms with Crippen molar-refractivity contribution in [2.45, 2.75) is 40.7 Å². The largest absolute Gasteiger partial charge is 0.326 e. The zero-order valence-electron chi connectivity index (χ0n) is 19.9. The molecule has 2 aromatic carbocycles. The van der Waals surface area contributed by atoms with Gasteiger partial charge >= 0.3 is 0 Å². The van der Waals surface area contributed by atoms with Crippen molar-refractivity contribution < 1.29 is 14.4 Å². The first-order valence-corrected chi connectivity index (χ1v) is 11.4. The third-order valence-corrected chi connectivity index (χ3v) is 5.84. The zero-order chi connectivity index (χ0) is 24.4. The predicted molar refractivity (Wildman–Crippen MR) is 132 cm³/mol. The Balaban J connectivity index is 1.44. The van der Waals surface area contributed by atoms with Gasteiger partial charge in [-0.2, -0.15) is 5.10 Å². The van der Waals surface area contributed by atoms with Gasteiger partial charge in [0.2, 0.25) is 11.8 Å². The molecule has 176 valence electrons. The predicted octanol–water partition coefficient (Wildman–Crippen LogP) is 3.94. The van der Waals surface area contributed by atoms with Gasteiger partial charge in [-0.15, -0.1) is 0 Å². The topological polar surface area (TPSA) is 96.3 Å². The monoisotopic (exact) mass is 459 g/mol. The van der Waals surface area contributed by atoms with Crippen LogP contribution in [-0.4, -0.2) is 34.0 Å². The average Bonchev–Trinajstić information content (AvgIpc) is 3.05. The van der Waals surface area contributed by atoms with Gasteiger partial charge in [-0.3, -0.25) is 24.0 Å². The Kier molecular flexibility index (Phi) is 6.49. The van der Waals surface area contributed by atoms with Crippen LogP contribution in [0.25, 0.3) is 0 Å². The third-order valence-electron chi connectivity index (χ3n) is 5.84. The molecule has 0 saturated heterocycles. The Morgan fingerprint density at radius 2 is 1.79 bits per heavy atom. The van der Waals surface area contributed by atoms with Gasteiger partial charge in [0.15, 0.2) is 0 Å². The lowest BCUT2D eigenvalue weighted by Crippen LogP contribution is -2.42. The van der Waals surface area contributed by atoms with Crippen molar-refractivity contribution >= 4 is 34.8 Å². The number of rotatable bonds is 6. The van der Waals surface area contributed by atoms with E-state index >= 15 is 0 Å². The van der Waals surface area contributed by atoms with E-state index in [1.54, 1.807) is 36.4 Å². The molecule has 0 saturated carbocycles. The Morgan fingerprint density at radius 1 is 1.09 bits per heavy atom. The van der Waals surface area contributed by atoms with Gasteiger partial charge in [-0.1, -0.05) is 26.0 Å². The molecule has 3 amide bonds. The van der Waals surface area contributed by atoms with Crippen LogP contribution in [0.15, 0.2) is 48.5 Å². The Hall–Kier alpha value is -3.94. The van der Waals surface area contributed by atoms with Crippen LogP contribution in [0, 0.1) is 19.8 Å². The number of nitrogens with zero attached hydrogens (tertiary/aromatic N) is 3. The smallest absolute Gasteiger partial charge is 0.258 e. The molecule has 4 rings (SSSR count). The maximum Gasteiger partial charge on any atom is 0.258 e. The number of aryl methyl sites for hydroxylation is 1. The molecule has 2 N–H and O–H groups in total. The number of nitrogens with one attached hydrogen (secondary N) is 2. The van der Waals surface area contributed by atoms with E-state index in [0.717, 1.165) is 23.5 Å². The Morgan fingerprint density at radius 3 is 2.50 bits per heavy atom. The van der Waals surface area contributed by atoms with Crippen LogP contribution in [0.2, 0.25) is 0 Å². The van der Waals surface area contributed by atoms with E-state index in [0.29, 0.717) is 28.5 Å². The van der Waals surface area contributed by atoms with Crippen LogP contribution >= 0.6 is 0 Å². The summed E-state index contributed by atoms with van der Waals surface area (Å²) in [7, 11) is 0. The lowest BCUT2D eigenvalue weighted by Gasteiger charge is -2.29. The summed E-state index contributed by atoms with van der Waals surface area (Å²) in [5.41, 5.74) is 5.11. The highest BCUT2D eigenvalue weighted by Gasteiger charge is 2.27. The molecule has 8 heteroatoms. The second kappa shape index (κ2) is 9.51. The van der Waals surface area contributed by atoms with Crippen molar-refractivity contribution in [1.82, 2.24) is 9.78 Å². The zero-order valence-corrected chi connectivity index (χ0v) is 19.9. The summed E-state index contributed by atoms with van der Waals surface area (Å²) in [6, 6.07) is 13.9. The van der Waals surface area contributed by atoms with Gasteiger partial charge in [-0.05, 0) is 56.2 Å². The molecule has 3 aromatic rings. The Labute approximate surface area is 199 Å². The lowest BCUT2D eigenvalue weighted by molar-refractivity contribution is -0.116. The summed E-state index contributed by atoms with van der Waals surface area (Å²) < 4.78 is 1.96. The quantitative estimate of drug-likeness (QED) is 0.584. The van der Waals surface area contributed by atoms with Gasteiger partial charge in [0.05, 0.1) is 23.5 Å². The molecule has 0 spiro atoms. The van der Waals surface area contributed by atoms with Gasteiger partial charge in [-0.25, -0.2) is 0 Å². The van der Waals surface area contributed by atoms with E-state index in [2.05, 4.69) is 29.6 Å². The first-order valence-electron chi connectivity index (χ1n) is 11.4. The number of fused-ring (bicyclic) bond motifs is 1. The fourth-order valence-corrected chi connectivity index (χ4v) is 4.15. The van der Waals surface area contributed by atoms with Crippen molar-refractivity contribution in [3.8, 4) is 0 Å². The van der Waals surface area contributed by atoms with Crippen molar-refractivity contribution in [3.63, 3.8) is 0 Å². The normalized spacial score (nSPS) is 13.0. The summed E-state index contributed by atoms with van der Waals surface area (Å²) in [4.78, 5) is 39.3. The minimum Gasteiger partial charge on any atom is -0.326 e. The number of hydrogen-bond acceptors (Lipinski definition) is 4. The molecule has 1 aromatic heterocycles. The maximum atomic E-state index is 13.1. The third kappa shape index (κ3) is 4.85. The first-order chi connectivity index (χ1) is 16.2. The molecule has 0 bridgehead atoms. The summed E-state index contributed by atoms with van der Waals surface area (Å²) >= 11 is 0. The summed E-state index contributed by atoms with van der Waals surface area (Å²) in [6.45, 7) is 8.95. The molecule has 2 heterocycles. The van der Waals surface area contributed by atoms with Crippen LogP contribution in [0.5, 0.6) is 0 Å². The van der Waals surface area contributed by atoms with Crippen LogP contribution in [-0.2, 0) is 22.6 Å². The highest BCUT2D eigenvalue weighted by atomic mass is 16.2. The molecule has 1 aliphatic heterocycles. The molecule has 34 heavy (non-hydrogen) atoms. The molecule has 0 fully saturated rings. The first kappa shape index (κ1) is 23.2. The van der Waals surface area contributed by atoms with Crippen molar-refractivity contribution in [1.29, 1.82) is 0 Å². The average molecular weight is 460 g/mol. The van der Waals surface area contributed by atoms with Gasteiger partial charge in [0, 0.05) is 29.1 Å². The maximum absolute atomic E-state index is 13.1. The number of hydrogen-bond donors (Lipinski definition) is 2. The highest BCUT2D eigenvalue weighted by Crippen LogP contribution is 2.30. The second-order valence-electron chi connectivity index (χ2n) is 8.98.